The van der Waals surface area contributed by atoms with Crippen molar-refractivity contribution in [1.29, 1.82) is 0 Å². The quantitative estimate of drug-likeness (QED) is 0.375. The van der Waals surface area contributed by atoms with Crippen LogP contribution in [0.1, 0.15) is 55.2 Å². The number of nitrogens with zero attached hydrogens (tertiary/aromatic N) is 3. The van der Waals surface area contributed by atoms with Gasteiger partial charge in [-0.25, -0.2) is 6.57 Å². The SMILES string of the molecule is [C-]#[N+]C1(c2ccc(N(CCC(C)CCN)c3cc(-c4c(C)noc4C)ccc3C)cc2)CC1. The molecule has 1 saturated carbocycles. The second kappa shape index (κ2) is 9.41. The van der Waals surface area contributed by atoms with Crippen LogP contribution in [0.4, 0.5) is 11.4 Å². The highest BCUT2D eigenvalue weighted by atomic mass is 16.5. The molecule has 1 fully saturated rings. The van der Waals surface area contributed by atoms with Gasteiger partial charge in [0.25, 0.3) is 5.54 Å². The van der Waals surface area contributed by atoms with Crippen LogP contribution in [0.25, 0.3) is 16.0 Å². The molecular weight excluding hydrogens is 408 g/mol. The molecule has 0 radical (unpaired) electrons. The van der Waals surface area contributed by atoms with Crippen molar-refractivity contribution < 1.29 is 4.52 Å². The molecule has 2 aromatic carbocycles. The summed E-state index contributed by atoms with van der Waals surface area (Å²) in [7, 11) is 0. The van der Waals surface area contributed by atoms with E-state index in [0.717, 1.165) is 72.6 Å². The molecule has 5 nitrogen and oxygen atoms in total. The van der Waals surface area contributed by atoms with Gasteiger partial charge in [-0.1, -0.05) is 24.2 Å². The van der Waals surface area contributed by atoms with E-state index in [4.69, 9.17) is 16.8 Å². The molecule has 3 aromatic rings. The van der Waals surface area contributed by atoms with Gasteiger partial charge in [0.1, 0.15) is 5.76 Å². The van der Waals surface area contributed by atoms with Crippen molar-refractivity contribution in [2.75, 3.05) is 18.0 Å². The lowest BCUT2D eigenvalue weighted by Crippen LogP contribution is -2.22. The van der Waals surface area contributed by atoms with Crippen molar-refractivity contribution in [3.63, 3.8) is 0 Å². The number of benzene rings is 2. The number of aryl methyl sites for hydroxylation is 3. The summed E-state index contributed by atoms with van der Waals surface area (Å²) in [6, 6.07) is 15.2. The Morgan fingerprint density at radius 3 is 2.42 bits per heavy atom. The number of rotatable bonds is 9. The lowest BCUT2D eigenvalue weighted by molar-refractivity contribution is 0.393. The predicted molar refractivity (Wildman–Crippen MR) is 135 cm³/mol. The van der Waals surface area contributed by atoms with Gasteiger partial charge in [-0.05, 0) is 87.5 Å². The number of hydrogen-bond acceptors (Lipinski definition) is 4. The maximum Gasteiger partial charge on any atom is 0.258 e. The molecule has 1 aromatic heterocycles. The van der Waals surface area contributed by atoms with Gasteiger partial charge < -0.3 is 20.0 Å². The van der Waals surface area contributed by atoms with Crippen molar-refractivity contribution in [3.8, 4) is 11.1 Å². The minimum atomic E-state index is -0.280. The third kappa shape index (κ3) is 4.67. The van der Waals surface area contributed by atoms with Gasteiger partial charge in [0.15, 0.2) is 0 Å². The van der Waals surface area contributed by atoms with E-state index in [1.807, 2.05) is 13.8 Å². The number of aromatic nitrogens is 1. The first-order valence-electron chi connectivity index (χ1n) is 11.9. The van der Waals surface area contributed by atoms with Crippen LogP contribution >= 0.6 is 0 Å². The van der Waals surface area contributed by atoms with E-state index in [9.17, 15) is 0 Å². The Morgan fingerprint density at radius 2 is 1.85 bits per heavy atom. The third-order valence-corrected chi connectivity index (χ3v) is 6.98. The van der Waals surface area contributed by atoms with Crippen molar-refractivity contribution >= 4 is 11.4 Å². The Morgan fingerprint density at radius 1 is 1.12 bits per heavy atom. The molecule has 1 atom stereocenters. The topological polar surface area (TPSA) is 59.6 Å². The fourth-order valence-corrected chi connectivity index (χ4v) is 4.65. The average Bonchev–Trinajstić information content (AvgIpc) is 3.54. The first-order valence-corrected chi connectivity index (χ1v) is 11.9. The second-order valence-electron chi connectivity index (χ2n) is 9.51. The van der Waals surface area contributed by atoms with E-state index in [0.29, 0.717) is 5.92 Å². The van der Waals surface area contributed by atoms with Crippen LogP contribution in [0.15, 0.2) is 47.0 Å². The van der Waals surface area contributed by atoms with E-state index in [2.05, 4.69) is 71.2 Å². The first-order chi connectivity index (χ1) is 15.9. The van der Waals surface area contributed by atoms with Gasteiger partial charge >= 0.3 is 0 Å². The zero-order valence-electron chi connectivity index (χ0n) is 20.2. The summed E-state index contributed by atoms with van der Waals surface area (Å²) in [6.45, 7) is 17.6. The maximum absolute atomic E-state index is 7.58. The van der Waals surface area contributed by atoms with Gasteiger partial charge in [0, 0.05) is 41.9 Å². The zero-order valence-corrected chi connectivity index (χ0v) is 20.2. The summed E-state index contributed by atoms with van der Waals surface area (Å²) in [5.41, 5.74) is 13.3. The van der Waals surface area contributed by atoms with Gasteiger partial charge in [-0.2, -0.15) is 0 Å². The molecule has 1 aliphatic rings. The Labute approximate surface area is 197 Å². The Hall–Kier alpha value is -3.10. The molecule has 4 rings (SSSR count). The van der Waals surface area contributed by atoms with Gasteiger partial charge in [-0.3, -0.25) is 0 Å². The molecular formula is C28H34N4O. The molecule has 0 amide bonds. The van der Waals surface area contributed by atoms with Crippen molar-refractivity contribution in [2.45, 2.75) is 58.9 Å². The Bertz CT molecular complexity index is 1130. The van der Waals surface area contributed by atoms with Crippen LogP contribution in [0.3, 0.4) is 0 Å². The molecule has 0 aliphatic heterocycles. The fraction of sp³-hybridized carbons (Fsp3) is 0.429. The van der Waals surface area contributed by atoms with Gasteiger partial charge in [0.05, 0.1) is 5.69 Å². The van der Waals surface area contributed by atoms with Crippen molar-refractivity contribution in [1.82, 2.24) is 5.16 Å². The molecule has 172 valence electrons. The summed E-state index contributed by atoms with van der Waals surface area (Å²) in [6.07, 6.45) is 4.02. The molecule has 0 bridgehead atoms. The molecule has 1 unspecified atom stereocenters. The molecule has 1 aliphatic carbocycles. The first kappa shape index (κ1) is 23.1. The summed E-state index contributed by atoms with van der Waals surface area (Å²) in [5, 5.41) is 4.15. The maximum atomic E-state index is 7.58. The lowest BCUT2D eigenvalue weighted by atomic mass is 9.99. The normalized spacial score (nSPS) is 15.2. The highest BCUT2D eigenvalue weighted by molar-refractivity contribution is 5.76. The van der Waals surface area contributed by atoms with Crippen LogP contribution in [-0.2, 0) is 5.54 Å². The fourth-order valence-electron chi connectivity index (χ4n) is 4.65. The van der Waals surface area contributed by atoms with E-state index in [1.54, 1.807) is 0 Å². The predicted octanol–water partition coefficient (Wildman–Crippen LogP) is 6.69. The van der Waals surface area contributed by atoms with E-state index in [-0.39, 0.29) is 5.54 Å². The van der Waals surface area contributed by atoms with Crippen LogP contribution in [0.5, 0.6) is 0 Å². The highest BCUT2D eigenvalue weighted by Crippen LogP contribution is 2.50. The molecule has 0 saturated heterocycles. The minimum absolute atomic E-state index is 0.280. The van der Waals surface area contributed by atoms with E-state index in [1.165, 1.54) is 11.3 Å². The summed E-state index contributed by atoms with van der Waals surface area (Å²) >= 11 is 0. The standard InChI is InChI=1S/C28H34N4O/c1-19(12-16-29)13-17-32(25-10-8-24(9-11-25)28(30-5)14-15-28)26-18-23(7-6-20(26)2)27-21(3)31-33-22(27)4/h6-11,18-19H,12-17,29H2,1-4H3. The second-order valence-corrected chi connectivity index (χ2v) is 9.51. The summed E-state index contributed by atoms with van der Waals surface area (Å²) in [4.78, 5) is 6.30. The lowest BCUT2D eigenvalue weighted by Gasteiger charge is -2.29. The van der Waals surface area contributed by atoms with Crippen LogP contribution in [0.2, 0.25) is 0 Å². The van der Waals surface area contributed by atoms with Gasteiger partial charge in [-0.15, -0.1) is 0 Å². The zero-order chi connectivity index (χ0) is 23.6. The molecule has 33 heavy (non-hydrogen) atoms. The van der Waals surface area contributed by atoms with Crippen LogP contribution < -0.4 is 10.6 Å². The van der Waals surface area contributed by atoms with Crippen LogP contribution in [0, 0.1) is 33.3 Å². The smallest absolute Gasteiger partial charge is 0.258 e. The molecule has 5 heteroatoms. The number of nitrogens with two attached hydrogens (primary N) is 1. The molecule has 0 spiro atoms. The van der Waals surface area contributed by atoms with E-state index >= 15 is 0 Å². The molecule has 1 heterocycles. The number of hydrogen-bond donors (Lipinski definition) is 1. The largest absolute Gasteiger partial charge is 0.361 e. The summed E-state index contributed by atoms with van der Waals surface area (Å²) < 4.78 is 5.43. The molecule has 2 N–H and O–H groups in total. The summed E-state index contributed by atoms with van der Waals surface area (Å²) in [5.74, 6) is 1.39. The van der Waals surface area contributed by atoms with Gasteiger partial charge in [0.2, 0.25) is 0 Å². The highest BCUT2D eigenvalue weighted by Gasteiger charge is 2.52. The van der Waals surface area contributed by atoms with Crippen molar-refractivity contribution in [2.24, 2.45) is 11.7 Å². The minimum Gasteiger partial charge on any atom is -0.361 e. The third-order valence-electron chi connectivity index (χ3n) is 6.98. The Kier molecular flexibility index (Phi) is 6.58. The Balaban J connectivity index is 1.72. The monoisotopic (exact) mass is 442 g/mol. The average molecular weight is 443 g/mol. The van der Waals surface area contributed by atoms with Crippen LogP contribution in [-0.4, -0.2) is 18.2 Å². The number of anilines is 2. The van der Waals surface area contributed by atoms with E-state index < -0.39 is 0 Å². The van der Waals surface area contributed by atoms with Crippen molar-refractivity contribution in [3.05, 3.63) is 76.5 Å².